The maximum Gasteiger partial charge on any atom is 0.218 e. The summed E-state index contributed by atoms with van der Waals surface area (Å²) in [6.07, 6.45) is 0. The van der Waals surface area contributed by atoms with Gasteiger partial charge in [-0.15, -0.1) is 0 Å². The van der Waals surface area contributed by atoms with Crippen LogP contribution in [-0.2, 0) is 0 Å². The molecular weight excluding hydrogens is 611 g/mol. The van der Waals surface area contributed by atoms with Crippen molar-refractivity contribution in [3.05, 3.63) is 180 Å². The van der Waals surface area contributed by atoms with Gasteiger partial charge in [-0.2, -0.15) is 5.26 Å². The highest BCUT2D eigenvalue weighted by Crippen LogP contribution is 2.47. The first-order valence-corrected chi connectivity index (χ1v) is 16.2. The lowest BCUT2D eigenvalue weighted by Crippen LogP contribution is -1.99. The first-order valence-electron chi connectivity index (χ1n) is 16.2. The molecule has 5 nitrogen and oxygen atoms in total. The van der Waals surface area contributed by atoms with Crippen molar-refractivity contribution in [2.24, 2.45) is 0 Å². The fourth-order valence-corrected chi connectivity index (χ4v) is 7.48. The second-order valence-corrected chi connectivity index (χ2v) is 12.2. The standard InChI is InChI=1S/C45H25N5/c1-47-39-24-23-37(45(44(39)48-2)50-41-20-9-5-16-34(41)35-17-6-10-21-42(35)50)33-15-4-3-14-32(33)30-12-11-13-31(27-30)49-40-19-8-7-18-36(40)38-26-29(28-46)22-25-43(38)49/h3-27H. The summed E-state index contributed by atoms with van der Waals surface area (Å²) in [5, 5.41) is 13.9. The number of para-hydroxylation sites is 3. The number of benzene rings is 7. The third-order valence-corrected chi connectivity index (χ3v) is 9.60. The highest BCUT2D eigenvalue weighted by molar-refractivity contribution is 6.12. The van der Waals surface area contributed by atoms with E-state index in [0.717, 1.165) is 71.6 Å². The highest BCUT2D eigenvalue weighted by Gasteiger charge is 2.23. The van der Waals surface area contributed by atoms with Gasteiger partial charge in [0.05, 0.1) is 46.8 Å². The third kappa shape index (κ3) is 4.24. The molecule has 0 aliphatic rings. The van der Waals surface area contributed by atoms with Gasteiger partial charge < -0.3 is 9.13 Å². The molecule has 0 radical (unpaired) electrons. The van der Waals surface area contributed by atoms with E-state index in [2.05, 4.69) is 97.7 Å². The molecule has 0 saturated carbocycles. The van der Waals surface area contributed by atoms with E-state index < -0.39 is 0 Å². The number of aromatic nitrogens is 2. The number of rotatable bonds is 4. The Morgan fingerprint density at radius 2 is 1.08 bits per heavy atom. The van der Waals surface area contributed by atoms with Gasteiger partial charge >= 0.3 is 0 Å². The number of nitriles is 1. The molecule has 50 heavy (non-hydrogen) atoms. The van der Waals surface area contributed by atoms with Crippen molar-refractivity contribution in [1.29, 1.82) is 5.26 Å². The Kier molecular flexibility index (Phi) is 6.56. The average Bonchev–Trinajstić information content (AvgIpc) is 3.69. The van der Waals surface area contributed by atoms with Gasteiger partial charge in [0.1, 0.15) is 0 Å². The zero-order chi connectivity index (χ0) is 33.8. The second-order valence-electron chi connectivity index (χ2n) is 12.2. The van der Waals surface area contributed by atoms with Crippen LogP contribution in [0.25, 0.3) is 86.9 Å². The van der Waals surface area contributed by atoms with Crippen molar-refractivity contribution in [3.63, 3.8) is 0 Å². The van der Waals surface area contributed by atoms with Crippen molar-refractivity contribution in [2.75, 3.05) is 0 Å². The molecular formula is C45H25N5. The van der Waals surface area contributed by atoms with E-state index in [9.17, 15) is 5.26 Å². The fourth-order valence-electron chi connectivity index (χ4n) is 7.48. The van der Waals surface area contributed by atoms with Crippen LogP contribution in [0.2, 0.25) is 0 Å². The molecule has 2 aromatic heterocycles. The Bertz CT molecular complexity index is 2920. The smallest absolute Gasteiger partial charge is 0.218 e. The minimum atomic E-state index is 0.325. The van der Waals surface area contributed by atoms with Crippen molar-refractivity contribution in [1.82, 2.24) is 9.13 Å². The van der Waals surface area contributed by atoms with E-state index in [0.29, 0.717) is 22.6 Å². The summed E-state index contributed by atoms with van der Waals surface area (Å²) in [5.41, 5.74) is 10.9. The largest absolute Gasteiger partial charge is 0.320 e. The zero-order valence-electron chi connectivity index (χ0n) is 26.7. The summed E-state index contributed by atoms with van der Waals surface area (Å²) in [4.78, 5) is 7.80. The topological polar surface area (TPSA) is 42.4 Å². The summed E-state index contributed by atoms with van der Waals surface area (Å²) in [7, 11) is 0. The van der Waals surface area contributed by atoms with Crippen LogP contribution in [0, 0.1) is 24.5 Å². The van der Waals surface area contributed by atoms with Gasteiger partial charge in [0.25, 0.3) is 0 Å². The van der Waals surface area contributed by atoms with E-state index in [1.165, 1.54) is 0 Å². The Morgan fingerprint density at radius 1 is 0.480 bits per heavy atom. The van der Waals surface area contributed by atoms with Gasteiger partial charge in [-0.25, -0.2) is 4.85 Å². The minimum Gasteiger partial charge on any atom is -0.320 e. The van der Waals surface area contributed by atoms with Crippen molar-refractivity contribution < 1.29 is 0 Å². The van der Waals surface area contributed by atoms with E-state index in [1.807, 2.05) is 72.8 Å². The summed E-state index contributed by atoms with van der Waals surface area (Å²) < 4.78 is 4.41. The maximum absolute atomic E-state index is 9.63. The van der Waals surface area contributed by atoms with Crippen LogP contribution in [0.5, 0.6) is 0 Å². The molecule has 230 valence electrons. The molecule has 0 atom stereocenters. The van der Waals surface area contributed by atoms with Gasteiger partial charge in [0.2, 0.25) is 5.69 Å². The van der Waals surface area contributed by atoms with Gasteiger partial charge in [0, 0.05) is 32.9 Å². The van der Waals surface area contributed by atoms with Gasteiger partial charge in [0.15, 0.2) is 5.69 Å². The van der Waals surface area contributed by atoms with Crippen molar-refractivity contribution >= 4 is 55.0 Å². The molecule has 0 spiro atoms. The number of hydrogen-bond donors (Lipinski definition) is 0. The van der Waals surface area contributed by atoms with E-state index in [1.54, 1.807) is 6.07 Å². The predicted molar refractivity (Wildman–Crippen MR) is 203 cm³/mol. The van der Waals surface area contributed by atoms with E-state index >= 15 is 0 Å². The zero-order valence-corrected chi connectivity index (χ0v) is 26.7. The number of fused-ring (bicyclic) bond motifs is 6. The lowest BCUT2D eigenvalue weighted by molar-refractivity contribution is 1.18. The Labute approximate surface area is 288 Å². The van der Waals surface area contributed by atoms with Crippen LogP contribution in [0.3, 0.4) is 0 Å². The molecule has 0 amide bonds. The first-order chi connectivity index (χ1) is 24.7. The molecule has 0 fully saturated rings. The van der Waals surface area contributed by atoms with Gasteiger partial charge in [-0.05, 0) is 70.8 Å². The van der Waals surface area contributed by atoms with Crippen LogP contribution in [0.15, 0.2) is 152 Å². The summed E-state index contributed by atoms with van der Waals surface area (Å²) in [6.45, 7) is 16.3. The molecule has 2 heterocycles. The SMILES string of the molecule is [C-]#[N+]c1ccc(-c2ccccc2-c2cccc(-n3c4ccccc4c4cc(C#N)ccc43)c2)c(-n2c3ccccc3c3ccccc32)c1[N+]#[C-]. The highest BCUT2D eigenvalue weighted by atomic mass is 15.0. The quantitative estimate of drug-likeness (QED) is 0.177. The Morgan fingerprint density at radius 3 is 1.74 bits per heavy atom. The Hall–Kier alpha value is -7.39. The molecule has 9 aromatic rings. The molecule has 0 bridgehead atoms. The normalized spacial score (nSPS) is 11.1. The summed E-state index contributed by atoms with van der Waals surface area (Å²) in [6, 6.07) is 53.5. The number of nitrogens with zero attached hydrogens (tertiary/aromatic N) is 5. The van der Waals surface area contributed by atoms with Crippen LogP contribution >= 0.6 is 0 Å². The van der Waals surface area contributed by atoms with Crippen LogP contribution < -0.4 is 0 Å². The average molecular weight is 636 g/mol. The van der Waals surface area contributed by atoms with Gasteiger partial charge in [-0.3, -0.25) is 4.85 Å². The van der Waals surface area contributed by atoms with Gasteiger partial charge in [-0.1, -0.05) is 103 Å². The molecule has 0 saturated heterocycles. The molecule has 0 aliphatic carbocycles. The Balaban J connectivity index is 1.31. The summed E-state index contributed by atoms with van der Waals surface area (Å²) >= 11 is 0. The van der Waals surface area contributed by atoms with Crippen molar-refractivity contribution in [2.45, 2.75) is 0 Å². The molecule has 0 aliphatic heterocycles. The molecule has 7 aromatic carbocycles. The molecule has 9 rings (SSSR count). The fraction of sp³-hybridized carbons (Fsp3) is 0. The molecule has 5 heteroatoms. The number of hydrogen-bond acceptors (Lipinski definition) is 1. The molecule has 0 unspecified atom stereocenters. The van der Waals surface area contributed by atoms with E-state index in [-0.39, 0.29) is 0 Å². The first kappa shape index (κ1) is 28.8. The molecule has 0 N–H and O–H groups in total. The van der Waals surface area contributed by atoms with E-state index in [4.69, 9.17) is 13.1 Å². The summed E-state index contributed by atoms with van der Waals surface area (Å²) in [5.74, 6) is 0. The third-order valence-electron chi connectivity index (χ3n) is 9.60. The second kappa shape index (κ2) is 11.4. The maximum atomic E-state index is 9.63. The lowest BCUT2D eigenvalue weighted by Gasteiger charge is -2.20. The van der Waals surface area contributed by atoms with Crippen LogP contribution in [-0.4, -0.2) is 9.13 Å². The van der Waals surface area contributed by atoms with Crippen LogP contribution in [0.4, 0.5) is 11.4 Å². The monoisotopic (exact) mass is 635 g/mol. The van der Waals surface area contributed by atoms with Crippen molar-refractivity contribution in [3.8, 4) is 39.7 Å². The van der Waals surface area contributed by atoms with Crippen LogP contribution in [0.1, 0.15) is 5.56 Å². The lowest BCUT2D eigenvalue weighted by atomic mass is 9.92. The minimum absolute atomic E-state index is 0.325. The predicted octanol–water partition coefficient (Wildman–Crippen LogP) is 12.2.